The maximum Gasteiger partial charge on any atom is 0.416 e. The molecule has 0 radical (unpaired) electrons. The van der Waals surface area contributed by atoms with E-state index in [4.69, 9.17) is 26.8 Å². The van der Waals surface area contributed by atoms with Gasteiger partial charge in [-0.2, -0.15) is 18.3 Å². The topological polar surface area (TPSA) is 66.0 Å². The lowest BCUT2D eigenvalue weighted by Gasteiger charge is -2.20. The van der Waals surface area contributed by atoms with Crippen LogP contribution in [0.25, 0.3) is 0 Å². The number of guanidine groups is 1. The zero-order chi connectivity index (χ0) is 26.4. The number of nitrogens with one attached hydrogen (secondary N) is 1. The van der Waals surface area contributed by atoms with Crippen molar-refractivity contribution >= 4 is 47.2 Å². The van der Waals surface area contributed by atoms with Gasteiger partial charge in [-0.15, -0.1) is 0 Å². The molecule has 0 bridgehead atoms. The number of aliphatic imine (C=N–C) groups is 1. The molecule has 3 aromatic rings. The number of hydrogen-bond acceptors (Lipinski definition) is 5. The highest BCUT2D eigenvalue weighted by Gasteiger charge is 2.32. The zero-order valence-corrected chi connectivity index (χ0v) is 22.2. The summed E-state index contributed by atoms with van der Waals surface area (Å²) in [4.78, 5) is 5.41. The quantitative estimate of drug-likeness (QED) is 0.188. The van der Waals surface area contributed by atoms with Gasteiger partial charge in [0.05, 0.1) is 23.9 Å². The van der Waals surface area contributed by atoms with E-state index in [0.717, 1.165) is 29.0 Å². The second-order valence-corrected chi connectivity index (χ2v) is 10.4. The molecule has 2 atom stereocenters. The van der Waals surface area contributed by atoms with Crippen molar-refractivity contribution in [1.82, 2.24) is 9.73 Å². The SMILES string of the molecule is CC(CSN)N=C(NSc1ccc(C(F)(F)F)cc1)N1CC(c2ccccc2)C(c2ccc(Cl)cc2)=N1. The molecule has 1 aliphatic heterocycles. The first kappa shape index (κ1) is 27.4. The molecule has 0 saturated carbocycles. The van der Waals surface area contributed by atoms with Crippen molar-refractivity contribution in [3.05, 3.63) is 101 Å². The minimum atomic E-state index is -4.38. The van der Waals surface area contributed by atoms with E-state index in [9.17, 15) is 13.2 Å². The minimum Gasteiger partial charge on any atom is -0.295 e. The molecule has 0 aromatic heterocycles. The molecule has 0 amide bonds. The number of nitrogens with two attached hydrogens (primary N) is 1. The Hall–Kier alpha value is -2.66. The molecule has 11 heteroatoms. The summed E-state index contributed by atoms with van der Waals surface area (Å²) in [6, 6.07) is 22.5. The Labute approximate surface area is 227 Å². The fourth-order valence-electron chi connectivity index (χ4n) is 3.81. The third kappa shape index (κ3) is 7.22. The molecule has 0 spiro atoms. The largest absolute Gasteiger partial charge is 0.416 e. The van der Waals surface area contributed by atoms with Crippen LogP contribution in [0, 0.1) is 0 Å². The summed E-state index contributed by atoms with van der Waals surface area (Å²) in [7, 11) is 0. The lowest BCUT2D eigenvalue weighted by Crippen LogP contribution is -2.35. The van der Waals surface area contributed by atoms with Crippen LogP contribution in [0.15, 0.2) is 93.9 Å². The number of alkyl halides is 3. The van der Waals surface area contributed by atoms with Crippen molar-refractivity contribution < 1.29 is 13.2 Å². The Morgan fingerprint density at radius 2 is 1.78 bits per heavy atom. The second kappa shape index (κ2) is 12.3. The van der Waals surface area contributed by atoms with E-state index in [1.165, 1.54) is 36.0 Å². The summed E-state index contributed by atoms with van der Waals surface area (Å²) < 4.78 is 42.1. The normalized spacial score (nSPS) is 17.0. The highest BCUT2D eigenvalue weighted by atomic mass is 35.5. The molecule has 1 aliphatic rings. The molecule has 0 aliphatic carbocycles. The predicted octanol–water partition coefficient (Wildman–Crippen LogP) is 6.81. The van der Waals surface area contributed by atoms with Crippen molar-refractivity contribution in [2.45, 2.75) is 30.0 Å². The van der Waals surface area contributed by atoms with Crippen LogP contribution in [0.4, 0.5) is 13.2 Å². The van der Waals surface area contributed by atoms with E-state index >= 15 is 0 Å². The summed E-state index contributed by atoms with van der Waals surface area (Å²) in [6.45, 7) is 2.47. The average Bonchev–Trinajstić information content (AvgIpc) is 3.33. The summed E-state index contributed by atoms with van der Waals surface area (Å²) in [6.07, 6.45) is -4.38. The van der Waals surface area contributed by atoms with Gasteiger partial charge in [0.15, 0.2) is 0 Å². The summed E-state index contributed by atoms with van der Waals surface area (Å²) >= 11 is 8.49. The molecule has 4 rings (SSSR count). The van der Waals surface area contributed by atoms with E-state index in [1.807, 2.05) is 49.4 Å². The molecule has 0 fully saturated rings. The molecule has 1 heterocycles. The van der Waals surface area contributed by atoms with Crippen LogP contribution in [0.2, 0.25) is 5.02 Å². The molecule has 5 nitrogen and oxygen atoms in total. The first-order valence-corrected chi connectivity index (χ1v) is 13.7. The monoisotopic (exact) mass is 563 g/mol. The van der Waals surface area contributed by atoms with Crippen LogP contribution in [0.3, 0.4) is 0 Å². The van der Waals surface area contributed by atoms with Crippen molar-refractivity contribution in [2.24, 2.45) is 15.2 Å². The van der Waals surface area contributed by atoms with Crippen LogP contribution in [-0.2, 0) is 6.18 Å². The van der Waals surface area contributed by atoms with Crippen LogP contribution in [0.5, 0.6) is 0 Å². The number of hydrogen-bond donors (Lipinski definition) is 2. The Bertz CT molecular complexity index is 1240. The highest BCUT2D eigenvalue weighted by molar-refractivity contribution is 7.98. The van der Waals surface area contributed by atoms with Crippen molar-refractivity contribution in [1.29, 1.82) is 0 Å². The first-order chi connectivity index (χ1) is 17.7. The number of benzene rings is 3. The summed E-state index contributed by atoms with van der Waals surface area (Å²) in [5.74, 6) is 1.07. The van der Waals surface area contributed by atoms with Gasteiger partial charge in [0.25, 0.3) is 0 Å². The van der Waals surface area contributed by atoms with Gasteiger partial charge in [0, 0.05) is 21.6 Å². The van der Waals surface area contributed by atoms with E-state index < -0.39 is 11.7 Å². The molecule has 3 aromatic carbocycles. The van der Waals surface area contributed by atoms with E-state index in [1.54, 1.807) is 5.01 Å². The van der Waals surface area contributed by atoms with Gasteiger partial charge >= 0.3 is 6.18 Å². The van der Waals surface area contributed by atoms with Crippen LogP contribution in [0.1, 0.15) is 29.5 Å². The van der Waals surface area contributed by atoms with Crippen molar-refractivity contribution in [3.63, 3.8) is 0 Å². The predicted molar refractivity (Wildman–Crippen MR) is 148 cm³/mol. The molecular formula is C26H25ClF3N5S2. The number of hydrazone groups is 1. The van der Waals surface area contributed by atoms with Crippen LogP contribution >= 0.6 is 35.5 Å². The first-order valence-electron chi connectivity index (χ1n) is 11.4. The second-order valence-electron chi connectivity index (χ2n) is 8.40. The summed E-state index contributed by atoms with van der Waals surface area (Å²) in [5, 5.41) is 13.0. The highest BCUT2D eigenvalue weighted by Crippen LogP contribution is 2.32. The van der Waals surface area contributed by atoms with Gasteiger partial charge in [-0.25, -0.2) is 10.0 Å². The number of rotatable bonds is 7. The third-order valence-electron chi connectivity index (χ3n) is 5.62. The molecule has 194 valence electrons. The van der Waals surface area contributed by atoms with Crippen molar-refractivity contribution in [2.75, 3.05) is 12.3 Å². The third-order valence-corrected chi connectivity index (χ3v) is 7.34. The van der Waals surface area contributed by atoms with Crippen molar-refractivity contribution in [3.8, 4) is 0 Å². The molecule has 37 heavy (non-hydrogen) atoms. The van der Waals surface area contributed by atoms with Crippen LogP contribution in [-0.4, -0.2) is 35.0 Å². The van der Waals surface area contributed by atoms with Gasteiger partial charge < -0.3 is 0 Å². The lowest BCUT2D eigenvalue weighted by atomic mass is 9.91. The molecule has 2 unspecified atom stereocenters. The van der Waals surface area contributed by atoms with E-state index in [-0.39, 0.29) is 12.0 Å². The van der Waals surface area contributed by atoms with Gasteiger partial charge in [-0.1, -0.05) is 66.0 Å². The van der Waals surface area contributed by atoms with Crippen LogP contribution < -0.4 is 9.86 Å². The molecule has 0 saturated heterocycles. The standard InChI is InChI=1S/C26H25ClF3N5S2/c1-17(16-36-31)32-25(34-37-22-13-9-20(10-14-22)26(28,29)30)35-15-23(18-5-3-2-4-6-18)24(33-35)19-7-11-21(27)12-8-19/h2-14,17,23H,15-16,31H2,1H3,(H,32,34). The number of nitrogens with zero attached hydrogens (tertiary/aromatic N) is 3. The maximum atomic E-state index is 12.9. The smallest absolute Gasteiger partial charge is 0.295 e. The minimum absolute atomic E-state index is 0.0235. The van der Waals surface area contributed by atoms with Gasteiger partial charge in [-0.05, 0) is 66.4 Å². The Kier molecular flexibility index (Phi) is 9.07. The van der Waals surface area contributed by atoms with E-state index in [2.05, 4.69) is 16.9 Å². The Morgan fingerprint density at radius 1 is 1.11 bits per heavy atom. The van der Waals surface area contributed by atoms with Gasteiger partial charge in [0.2, 0.25) is 5.96 Å². The molecule has 3 N–H and O–H groups in total. The number of halogens is 4. The Balaban J connectivity index is 1.63. The fraction of sp³-hybridized carbons (Fsp3) is 0.231. The molecular weight excluding hydrogens is 539 g/mol. The lowest BCUT2D eigenvalue weighted by molar-refractivity contribution is -0.137. The summed E-state index contributed by atoms with van der Waals surface area (Å²) in [5.41, 5.74) is 2.24. The van der Waals surface area contributed by atoms with Gasteiger partial charge in [0.1, 0.15) is 0 Å². The fourth-order valence-corrected chi connectivity index (χ4v) is 4.93. The van der Waals surface area contributed by atoms with E-state index in [0.29, 0.717) is 28.2 Å². The Morgan fingerprint density at radius 3 is 2.41 bits per heavy atom. The average molecular weight is 564 g/mol. The zero-order valence-electron chi connectivity index (χ0n) is 19.8. The maximum absolute atomic E-state index is 12.9. The van der Waals surface area contributed by atoms with Gasteiger partial charge in [-0.3, -0.25) is 9.86 Å².